The number of unbranched alkanes of at least 4 members (excludes halogenated alkanes) is 10. The predicted octanol–water partition coefficient (Wildman–Crippen LogP) is 13.0. The SMILES string of the molecule is CCCCCCCCc1ccc(-c2ccc(-c3ccc(-c4ccc(-c5ccc(CCCCCCCC)cc5)nc4)cc3)cn2)cc1. The molecule has 2 heterocycles. The molecule has 238 valence electrons. The fraction of sp³-hybridized carbons (Fsp3) is 0.364. The smallest absolute Gasteiger partial charge is 0.0702 e. The minimum absolute atomic E-state index is 1.02. The largest absolute Gasteiger partial charge is 0.256 e. The summed E-state index contributed by atoms with van der Waals surface area (Å²) in [5, 5.41) is 0. The summed E-state index contributed by atoms with van der Waals surface area (Å²) < 4.78 is 0. The Morgan fingerprint density at radius 2 is 0.652 bits per heavy atom. The van der Waals surface area contributed by atoms with E-state index in [2.05, 4.69) is 111 Å². The van der Waals surface area contributed by atoms with Crippen LogP contribution in [0.5, 0.6) is 0 Å². The molecule has 2 aromatic heterocycles. The van der Waals surface area contributed by atoms with Crippen molar-refractivity contribution >= 4 is 0 Å². The van der Waals surface area contributed by atoms with Gasteiger partial charge in [0, 0.05) is 34.6 Å². The van der Waals surface area contributed by atoms with Crippen molar-refractivity contribution in [3.8, 4) is 44.8 Å². The van der Waals surface area contributed by atoms with E-state index >= 15 is 0 Å². The number of rotatable bonds is 18. The van der Waals surface area contributed by atoms with Gasteiger partial charge in [-0.1, -0.05) is 163 Å². The third-order valence-electron chi connectivity index (χ3n) is 9.22. The first-order chi connectivity index (χ1) is 22.7. The van der Waals surface area contributed by atoms with Gasteiger partial charge in [-0.2, -0.15) is 0 Å². The first kappa shape index (κ1) is 33.3. The molecule has 5 aromatic rings. The Morgan fingerprint density at radius 3 is 1.00 bits per heavy atom. The van der Waals surface area contributed by atoms with Crippen LogP contribution in [0.3, 0.4) is 0 Å². The van der Waals surface area contributed by atoms with Crippen LogP contribution < -0.4 is 0 Å². The molecule has 0 aliphatic carbocycles. The molecule has 5 rings (SSSR count). The van der Waals surface area contributed by atoms with Gasteiger partial charge in [0.25, 0.3) is 0 Å². The van der Waals surface area contributed by atoms with Crippen molar-refractivity contribution in [1.82, 2.24) is 9.97 Å². The van der Waals surface area contributed by atoms with Crippen LogP contribution in [0.25, 0.3) is 44.8 Å². The Balaban J connectivity index is 1.12. The second-order valence-electron chi connectivity index (χ2n) is 12.9. The van der Waals surface area contributed by atoms with Gasteiger partial charge in [-0.25, -0.2) is 0 Å². The summed E-state index contributed by atoms with van der Waals surface area (Å²) in [4.78, 5) is 9.60. The molecular weight excluding hydrogens is 556 g/mol. The Morgan fingerprint density at radius 1 is 0.326 bits per heavy atom. The topological polar surface area (TPSA) is 25.8 Å². The van der Waals surface area contributed by atoms with Crippen LogP contribution in [0.2, 0.25) is 0 Å². The average Bonchev–Trinajstić information content (AvgIpc) is 3.12. The Labute approximate surface area is 278 Å². The lowest BCUT2D eigenvalue weighted by atomic mass is 10.00. The molecule has 0 unspecified atom stereocenters. The van der Waals surface area contributed by atoms with Gasteiger partial charge < -0.3 is 0 Å². The highest BCUT2D eigenvalue weighted by Gasteiger charge is 2.06. The molecule has 0 atom stereocenters. The fourth-order valence-electron chi connectivity index (χ4n) is 6.23. The van der Waals surface area contributed by atoms with Crippen LogP contribution in [0, 0.1) is 0 Å². The molecular formula is C44H52N2. The van der Waals surface area contributed by atoms with Crippen LogP contribution in [0.15, 0.2) is 109 Å². The molecule has 0 aliphatic rings. The van der Waals surface area contributed by atoms with Crippen LogP contribution in [0.4, 0.5) is 0 Å². The molecule has 3 aromatic carbocycles. The van der Waals surface area contributed by atoms with E-state index in [0.717, 1.165) is 22.5 Å². The van der Waals surface area contributed by atoms with Crippen molar-refractivity contribution in [3.05, 3.63) is 121 Å². The summed E-state index contributed by atoms with van der Waals surface area (Å²) in [6, 6.07) is 35.3. The number of hydrogen-bond donors (Lipinski definition) is 0. The molecule has 0 saturated carbocycles. The van der Waals surface area contributed by atoms with E-state index in [-0.39, 0.29) is 0 Å². The van der Waals surface area contributed by atoms with Gasteiger partial charge in [0.1, 0.15) is 0 Å². The molecule has 0 N–H and O–H groups in total. The van der Waals surface area contributed by atoms with E-state index in [1.165, 1.54) is 123 Å². The molecule has 0 saturated heterocycles. The quantitative estimate of drug-likeness (QED) is 0.0925. The second-order valence-corrected chi connectivity index (χ2v) is 12.9. The molecule has 0 bridgehead atoms. The maximum absolute atomic E-state index is 4.80. The fourth-order valence-corrected chi connectivity index (χ4v) is 6.23. The van der Waals surface area contributed by atoms with Gasteiger partial charge in [0.2, 0.25) is 0 Å². The van der Waals surface area contributed by atoms with E-state index in [0.29, 0.717) is 0 Å². The van der Waals surface area contributed by atoms with Gasteiger partial charge in [-0.15, -0.1) is 0 Å². The molecule has 0 radical (unpaired) electrons. The zero-order chi connectivity index (χ0) is 31.8. The Hall–Kier alpha value is -4.04. The number of benzene rings is 3. The second kappa shape index (κ2) is 18.2. The van der Waals surface area contributed by atoms with Crippen molar-refractivity contribution in [3.63, 3.8) is 0 Å². The Kier molecular flexibility index (Phi) is 13.2. The van der Waals surface area contributed by atoms with E-state index in [1.54, 1.807) is 0 Å². The number of aryl methyl sites for hydroxylation is 2. The van der Waals surface area contributed by atoms with Crippen molar-refractivity contribution in [2.45, 2.75) is 104 Å². The lowest BCUT2D eigenvalue weighted by Gasteiger charge is -2.08. The number of nitrogens with zero attached hydrogens (tertiary/aromatic N) is 2. The molecule has 0 aliphatic heterocycles. The highest BCUT2D eigenvalue weighted by Crippen LogP contribution is 2.28. The summed E-state index contributed by atoms with van der Waals surface area (Å²) in [5.41, 5.74) is 11.8. The van der Waals surface area contributed by atoms with Crippen molar-refractivity contribution in [1.29, 1.82) is 0 Å². The number of aromatic nitrogens is 2. The lowest BCUT2D eigenvalue weighted by molar-refractivity contribution is 0.607. The van der Waals surface area contributed by atoms with Gasteiger partial charge in [0.15, 0.2) is 0 Å². The molecule has 0 spiro atoms. The summed E-state index contributed by atoms with van der Waals surface area (Å²) in [5.74, 6) is 0. The van der Waals surface area contributed by atoms with Gasteiger partial charge in [0.05, 0.1) is 11.4 Å². The van der Waals surface area contributed by atoms with Crippen LogP contribution >= 0.6 is 0 Å². The van der Waals surface area contributed by atoms with Crippen LogP contribution in [-0.2, 0) is 12.8 Å². The lowest BCUT2D eigenvalue weighted by Crippen LogP contribution is -1.89. The highest BCUT2D eigenvalue weighted by molar-refractivity contribution is 5.72. The maximum Gasteiger partial charge on any atom is 0.0702 e. The average molecular weight is 609 g/mol. The number of hydrogen-bond acceptors (Lipinski definition) is 2. The summed E-state index contributed by atoms with van der Waals surface area (Å²) in [7, 11) is 0. The first-order valence-corrected chi connectivity index (χ1v) is 17.9. The normalized spacial score (nSPS) is 11.2. The Bertz CT molecular complexity index is 1430. The van der Waals surface area contributed by atoms with Gasteiger partial charge in [-0.3, -0.25) is 9.97 Å². The van der Waals surface area contributed by atoms with E-state index in [1.807, 2.05) is 12.4 Å². The van der Waals surface area contributed by atoms with Gasteiger partial charge in [-0.05, 0) is 60.1 Å². The maximum atomic E-state index is 4.80. The van der Waals surface area contributed by atoms with Crippen molar-refractivity contribution in [2.75, 3.05) is 0 Å². The highest BCUT2D eigenvalue weighted by atomic mass is 14.7. The third-order valence-corrected chi connectivity index (χ3v) is 9.22. The molecule has 2 nitrogen and oxygen atoms in total. The third kappa shape index (κ3) is 9.98. The van der Waals surface area contributed by atoms with E-state index in [9.17, 15) is 0 Å². The number of pyridine rings is 2. The predicted molar refractivity (Wildman–Crippen MR) is 198 cm³/mol. The van der Waals surface area contributed by atoms with Crippen molar-refractivity contribution < 1.29 is 0 Å². The molecule has 0 fully saturated rings. The summed E-state index contributed by atoms with van der Waals surface area (Å²) in [6.07, 6.45) is 22.4. The minimum Gasteiger partial charge on any atom is -0.256 e. The van der Waals surface area contributed by atoms with Gasteiger partial charge >= 0.3 is 0 Å². The van der Waals surface area contributed by atoms with Crippen LogP contribution in [0.1, 0.15) is 102 Å². The molecule has 2 heteroatoms. The minimum atomic E-state index is 1.02. The zero-order valence-corrected chi connectivity index (χ0v) is 28.2. The monoisotopic (exact) mass is 608 g/mol. The molecule has 46 heavy (non-hydrogen) atoms. The zero-order valence-electron chi connectivity index (χ0n) is 28.2. The van der Waals surface area contributed by atoms with Crippen molar-refractivity contribution in [2.24, 2.45) is 0 Å². The van der Waals surface area contributed by atoms with E-state index < -0.39 is 0 Å². The molecule has 0 amide bonds. The first-order valence-electron chi connectivity index (χ1n) is 17.9. The summed E-state index contributed by atoms with van der Waals surface area (Å²) in [6.45, 7) is 4.55. The van der Waals surface area contributed by atoms with Crippen LogP contribution in [-0.4, -0.2) is 9.97 Å². The standard InChI is InChI=1S/C44H52N2/c1-3-5-7-9-11-13-15-35-17-21-39(22-18-35)43-31-29-41(33-45-43)37-25-27-38(28-26-37)42-30-32-44(46-34-42)40-23-19-36(20-24-40)16-14-12-10-8-6-4-2/h17-34H,3-16H2,1-2H3. The summed E-state index contributed by atoms with van der Waals surface area (Å²) >= 11 is 0. The van der Waals surface area contributed by atoms with E-state index in [4.69, 9.17) is 9.97 Å².